The Kier molecular flexibility index (Phi) is 5.13. The number of ether oxygens (including phenoxy) is 1. The molecular weight excluding hydrogens is 406 g/mol. The summed E-state index contributed by atoms with van der Waals surface area (Å²) in [6.45, 7) is 9.18. The molecule has 10 heteroatoms. The molecule has 2 aliphatic rings. The van der Waals surface area contributed by atoms with Gasteiger partial charge in [-0.2, -0.15) is 0 Å². The minimum atomic E-state index is -1.92. The summed E-state index contributed by atoms with van der Waals surface area (Å²) < 4.78 is 5.41. The van der Waals surface area contributed by atoms with E-state index in [9.17, 15) is 29.6 Å². The number of carbonyl (C=O) groups is 3. The molecule has 10 nitrogen and oxygen atoms in total. The fraction of sp³-hybridized carbons (Fsp3) is 0.571. The number of aliphatic hydroxyl groups is 1. The van der Waals surface area contributed by atoms with Crippen molar-refractivity contribution in [3.63, 3.8) is 0 Å². The third-order valence-corrected chi connectivity index (χ3v) is 5.74. The van der Waals surface area contributed by atoms with Gasteiger partial charge in [0.1, 0.15) is 22.7 Å². The standard InChI is InChI=1S/C21H27N3O7/c1-11-7-8-14-13(9-11)21(17(26)23(14)18(27)31-19(3,4)5)10-20(6,28)16(24(29)30)15(21)22-12(2)25/h7-9,15-16,28H,10H2,1-6H3,(H,22,25)/t15-,16-,20+,21-/m0/s1. The van der Waals surface area contributed by atoms with E-state index in [0.717, 1.165) is 10.5 Å². The van der Waals surface area contributed by atoms with E-state index in [1.54, 1.807) is 45.9 Å². The molecule has 2 N–H and O–H groups in total. The molecule has 4 atom stereocenters. The van der Waals surface area contributed by atoms with Gasteiger partial charge in [0.05, 0.1) is 5.69 Å². The van der Waals surface area contributed by atoms with E-state index in [2.05, 4.69) is 5.32 Å². The lowest BCUT2D eigenvalue weighted by Gasteiger charge is -2.30. The van der Waals surface area contributed by atoms with Crippen LogP contribution >= 0.6 is 0 Å². The normalized spacial score (nSPS) is 29.8. The highest BCUT2D eigenvalue weighted by Crippen LogP contribution is 2.55. The maximum absolute atomic E-state index is 13.8. The zero-order valence-electron chi connectivity index (χ0n) is 18.4. The first-order valence-corrected chi connectivity index (χ1v) is 9.93. The summed E-state index contributed by atoms with van der Waals surface area (Å²) >= 11 is 0. The fourth-order valence-corrected chi connectivity index (χ4v) is 4.76. The van der Waals surface area contributed by atoms with Crippen LogP contribution in [0.2, 0.25) is 0 Å². The van der Waals surface area contributed by atoms with Gasteiger partial charge in [-0.15, -0.1) is 0 Å². The van der Waals surface area contributed by atoms with Crippen LogP contribution in [0.1, 0.15) is 52.2 Å². The van der Waals surface area contributed by atoms with Crippen LogP contribution in [0.15, 0.2) is 18.2 Å². The van der Waals surface area contributed by atoms with E-state index in [-0.39, 0.29) is 12.1 Å². The molecule has 1 aliphatic carbocycles. The van der Waals surface area contributed by atoms with E-state index in [1.807, 2.05) is 0 Å². The van der Waals surface area contributed by atoms with Crippen molar-refractivity contribution in [2.45, 2.75) is 76.7 Å². The molecule has 1 saturated carbocycles. The Labute approximate surface area is 179 Å². The smallest absolute Gasteiger partial charge is 0.421 e. The van der Waals surface area contributed by atoms with Crippen LogP contribution in [0.3, 0.4) is 0 Å². The molecule has 0 radical (unpaired) electrons. The molecular formula is C21H27N3O7. The molecule has 3 amide bonds. The molecule has 1 heterocycles. The van der Waals surface area contributed by atoms with Gasteiger partial charge in [-0.1, -0.05) is 17.7 Å². The number of nitrogens with zero attached hydrogens (tertiary/aromatic N) is 2. The van der Waals surface area contributed by atoms with Gasteiger partial charge in [0, 0.05) is 18.3 Å². The number of nitrogens with one attached hydrogen (secondary N) is 1. The Balaban J connectivity index is 2.27. The molecule has 1 aliphatic heterocycles. The molecule has 1 spiro atoms. The number of benzene rings is 1. The number of rotatable bonds is 2. The van der Waals surface area contributed by atoms with Crippen LogP contribution in [0.4, 0.5) is 10.5 Å². The van der Waals surface area contributed by atoms with Crippen LogP contribution in [-0.4, -0.2) is 51.2 Å². The van der Waals surface area contributed by atoms with Crippen LogP contribution < -0.4 is 10.2 Å². The van der Waals surface area contributed by atoms with Crippen molar-refractivity contribution in [3.05, 3.63) is 39.4 Å². The van der Waals surface area contributed by atoms with Gasteiger partial charge in [0.15, 0.2) is 0 Å². The minimum absolute atomic E-state index is 0.222. The Bertz CT molecular complexity index is 982. The number of hydrogen-bond acceptors (Lipinski definition) is 7. The van der Waals surface area contributed by atoms with Gasteiger partial charge in [-0.3, -0.25) is 19.7 Å². The average molecular weight is 433 g/mol. The third-order valence-electron chi connectivity index (χ3n) is 5.74. The molecule has 1 fully saturated rings. The van der Waals surface area contributed by atoms with Crippen LogP contribution in [-0.2, 0) is 19.7 Å². The maximum Gasteiger partial charge on any atom is 0.421 e. The van der Waals surface area contributed by atoms with Crippen LogP contribution in [0, 0.1) is 17.0 Å². The highest BCUT2D eigenvalue weighted by atomic mass is 16.6. The van der Waals surface area contributed by atoms with Gasteiger partial charge >= 0.3 is 6.09 Å². The summed E-state index contributed by atoms with van der Waals surface area (Å²) in [6, 6.07) is 1.90. The van der Waals surface area contributed by atoms with E-state index in [4.69, 9.17) is 4.74 Å². The second-order valence-electron chi connectivity index (χ2n) is 9.56. The molecule has 0 aromatic heterocycles. The number of nitro groups is 1. The monoisotopic (exact) mass is 433 g/mol. The molecule has 1 aromatic carbocycles. The molecule has 3 rings (SSSR count). The number of aryl methyl sites for hydroxylation is 1. The quantitative estimate of drug-likeness (QED) is 0.536. The van der Waals surface area contributed by atoms with Crippen molar-refractivity contribution < 1.29 is 29.2 Å². The maximum atomic E-state index is 13.8. The van der Waals surface area contributed by atoms with Crippen molar-refractivity contribution in [1.82, 2.24) is 5.32 Å². The van der Waals surface area contributed by atoms with Crippen LogP contribution in [0.5, 0.6) is 0 Å². The molecule has 0 unspecified atom stereocenters. The van der Waals surface area contributed by atoms with Gasteiger partial charge in [0.25, 0.3) is 6.04 Å². The largest absolute Gasteiger partial charge is 0.443 e. The lowest BCUT2D eigenvalue weighted by Crippen LogP contribution is -2.59. The summed E-state index contributed by atoms with van der Waals surface area (Å²) in [7, 11) is 0. The van der Waals surface area contributed by atoms with Crippen molar-refractivity contribution in [1.29, 1.82) is 0 Å². The number of carbonyl (C=O) groups excluding carboxylic acids is 3. The molecule has 31 heavy (non-hydrogen) atoms. The minimum Gasteiger partial charge on any atom is -0.443 e. The molecule has 1 aromatic rings. The van der Waals surface area contributed by atoms with Gasteiger partial charge in [-0.25, -0.2) is 9.69 Å². The highest BCUT2D eigenvalue weighted by molar-refractivity contribution is 6.22. The number of hydrogen-bond donors (Lipinski definition) is 2. The Morgan fingerprint density at radius 1 is 1.35 bits per heavy atom. The summed E-state index contributed by atoms with van der Waals surface area (Å²) in [6.07, 6.45) is -1.27. The summed E-state index contributed by atoms with van der Waals surface area (Å²) in [5.74, 6) is -1.36. The molecule has 0 bridgehead atoms. The van der Waals surface area contributed by atoms with Gasteiger partial charge in [0.2, 0.25) is 11.8 Å². The van der Waals surface area contributed by atoms with Crippen LogP contribution in [0.25, 0.3) is 0 Å². The summed E-state index contributed by atoms with van der Waals surface area (Å²) in [4.78, 5) is 50.8. The summed E-state index contributed by atoms with van der Waals surface area (Å²) in [5.41, 5.74) is -3.20. The second kappa shape index (κ2) is 7.01. The first-order chi connectivity index (χ1) is 14.1. The first kappa shape index (κ1) is 22.7. The first-order valence-electron chi connectivity index (χ1n) is 9.93. The average Bonchev–Trinajstić information content (AvgIpc) is 2.94. The van der Waals surface area contributed by atoms with Gasteiger partial charge < -0.3 is 15.2 Å². The molecule has 168 valence electrons. The highest BCUT2D eigenvalue weighted by Gasteiger charge is 2.73. The van der Waals surface area contributed by atoms with E-state index < -0.39 is 51.5 Å². The Morgan fingerprint density at radius 3 is 2.48 bits per heavy atom. The van der Waals surface area contributed by atoms with Crippen molar-refractivity contribution >= 4 is 23.6 Å². The number of fused-ring (bicyclic) bond motifs is 2. The Hall–Kier alpha value is -3.01. The molecule has 0 saturated heterocycles. The predicted molar refractivity (Wildman–Crippen MR) is 110 cm³/mol. The fourth-order valence-electron chi connectivity index (χ4n) is 4.76. The SMILES string of the molecule is CC(=O)N[C@H]1[C@H]([N+](=O)[O-])[C@](C)(O)C[C@@]12C(=O)N(C(=O)OC(C)(C)C)c1ccc(C)cc12. The van der Waals surface area contributed by atoms with E-state index in [0.29, 0.717) is 5.56 Å². The second-order valence-corrected chi connectivity index (χ2v) is 9.56. The predicted octanol–water partition coefficient (Wildman–Crippen LogP) is 1.82. The summed E-state index contributed by atoms with van der Waals surface area (Å²) in [5, 5.41) is 25.4. The van der Waals surface area contributed by atoms with Crippen molar-refractivity contribution in [3.8, 4) is 0 Å². The third kappa shape index (κ3) is 3.54. The van der Waals surface area contributed by atoms with Gasteiger partial charge in [-0.05, 0) is 46.2 Å². The van der Waals surface area contributed by atoms with E-state index >= 15 is 0 Å². The van der Waals surface area contributed by atoms with Crippen molar-refractivity contribution in [2.75, 3.05) is 4.90 Å². The van der Waals surface area contributed by atoms with E-state index in [1.165, 1.54) is 13.8 Å². The topological polar surface area (TPSA) is 139 Å². The lowest BCUT2D eigenvalue weighted by molar-refractivity contribution is -0.543. The number of amides is 3. The number of imide groups is 1. The zero-order valence-corrected chi connectivity index (χ0v) is 18.4. The zero-order chi connectivity index (χ0) is 23.5. The number of anilines is 1. The lowest BCUT2D eigenvalue weighted by atomic mass is 9.75. The van der Waals surface area contributed by atoms with Crippen molar-refractivity contribution in [2.24, 2.45) is 0 Å². The Morgan fingerprint density at radius 2 is 1.97 bits per heavy atom.